The predicted octanol–water partition coefficient (Wildman–Crippen LogP) is 1.77. The summed E-state index contributed by atoms with van der Waals surface area (Å²) in [6.45, 7) is 1.46. The number of rotatable bonds is 4. The first-order valence-electron chi connectivity index (χ1n) is 6.18. The number of halogens is 2. The van der Waals surface area contributed by atoms with Crippen LogP contribution in [0.4, 0.5) is 8.78 Å². The van der Waals surface area contributed by atoms with E-state index in [2.05, 4.69) is 5.43 Å². The maximum atomic E-state index is 13.1. The number of hydrogen-bond donors (Lipinski definition) is 2. The van der Waals surface area contributed by atoms with Crippen LogP contribution in [0.15, 0.2) is 18.2 Å². The fourth-order valence-electron chi connectivity index (χ4n) is 2.37. The number of nitrogens with one attached hydrogen (secondary N) is 1. The van der Waals surface area contributed by atoms with Gasteiger partial charge in [0, 0.05) is 12.6 Å². The van der Waals surface area contributed by atoms with Crippen molar-refractivity contribution in [2.45, 2.75) is 25.3 Å². The largest absolute Gasteiger partial charge is 0.381 e. The second-order valence-electron chi connectivity index (χ2n) is 4.70. The van der Waals surface area contributed by atoms with Gasteiger partial charge in [0.05, 0.1) is 6.61 Å². The first-order chi connectivity index (χ1) is 8.70. The van der Waals surface area contributed by atoms with Gasteiger partial charge in [0.2, 0.25) is 0 Å². The van der Waals surface area contributed by atoms with Crippen LogP contribution in [-0.2, 0) is 11.2 Å². The molecule has 1 aromatic carbocycles. The Morgan fingerprint density at radius 1 is 1.39 bits per heavy atom. The molecule has 0 saturated carbocycles. The summed E-state index contributed by atoms with van der Waals surface area (Å²) in [5.41, 5.74) is 3.50. The number of hydrazine groups is 1. The van der Waals surface area contributed by atoms with Gasteiger partial charge in [0.15, 0.2) is 11.6 Å². The second kappa shape index (κ2) is 6.22. The fraction of sp³-hybridized carbons (Fsp3) is 0.538. The highest BCUT2D eigenvalue weighted by molar-refractivity contribution is 5.19. The second-order valence-corrected chi connectivity index (χ2v) is 4.70. The summed E-state index contributed by atoms with van der Waals surface area (Å²) < 4.78 is 31.4. The number of ether oxygens (including phenoxy) is 1. The molecule has 0 aromatic heterocycles. The Kier molecular flexibility index (Phi) is 4.63. The van der Waals surface area contributed by atoms with Crippen molar-refractivity contribution in [2.75, 3.05) is 13.2 Å². The standard InChI is InChI=1S/C13H18F2N2O/c14-11-4-3-9(6-12(11)15)7-13(17-16)10-2-1-5-18-8-10/h3-4,6,10,13,17H,1-2,5,7-8,16H2. The molecular formula is C13H18F2N2O. The molecule has 18 heavy (non-hydrogen) atoms. The van der Waals surface area contributed by atoms with E-state index in [0.717, 1.165) is 31.1 Å². The van der Waals surface area contributed by atoms with Crippen LogP contribution < -0.4 is 11.3 Å². The molecule has 1 saturated heterocycles. The predicted molar refractivity (Wildman–Crippen MR) is 64.7 cm³/mol. The summed E-state index contributed by atoms with van der Waals surface area (Å²) in [6, 6.07) is 3.99. The van der Waals surface area contributed by atoms with Gasteiger partial charge in [-0.25, -0.2) is 8.78 Å². The van der Waals surface area contributed by atoms with Gasteiger partial charge in [-0.2, -0.15) is 0 Å². The fourth-order valence-corrected chi connectivity index (χ4v) is 2.37. The van der Waals surface area contributed by atoms with Crippen molar-refractivity contribution in [3.63, 3.8) is 0 Å². The third-order valence-corrected chi connectivity index (χ3v) is 3.42. The van der Waals surface area contributed by atoms with Crippen LogP contribution in [0.2, 0.25) is 0 Å². The Balaban J connectivity index is 2.02. The molecule has 1 aliphatic heterocycles. The molecule has 1 heterocycles. The van der Waals surface area contributed by atoms with Crippen LogP contribution in [0.1, 0.15) is 18.4 Å². The van der Waals surface area contributed by atoms with E-state index in [9.17, 15) is 8.78 Å². The smallest absolute Gasteiger partial charge is 0.159 e. The number of benzene rings is 1. The molecule has 0 spiro atoms. The van der Waals surface area contributed by atoms with E-state index in [-0.39, 0.29) is 6.04 Å². The first kappa shape index (κ1) is 13.4. The molecule has 2 unspecified atom stereocenters. The van der Waals surface area contributed by atoms with Crippen molar-refractivity contribution in [3.05, 3.63) is 35.4 Å². The minimum atomic E-state index is -0.822. The molecule has 3 nitrogen and oxygen atoms in total. The average molecular weight is 256 g/mol. The summed E-state index contributed by atoms with van der Waals surface area (Å²) in [5.74, 6) is 4.22. The lowest BCUT2D eigenvalue weighted by atomic mass is 9.89. The number of hydrogen-bond acceptors (Lipinski definition) is 3. The highest BCUT2D eigenvalue weighted by atomic mass is 19.2. The van der Waals surface area contributed by atoms with E-state index in [0.29, 0.717) is 18.9 Å². The van der Waals surface area contributed by atoms with Crippen molar-refractivity contribution >= 4 is 0 Å². The van der Waals surface area contributed by atoms with Crippen LogP contribution >= 0.6 is 0 Å². The molecule has 1 aromatic rings. The molecule has 100 valence electrons. The van der Waals surface area contributed by atoms with Gasteiger partial charge in [0.1, 0.15) is 0 Å². The maximum Gasteiger partial charge on any atom is 0.159 e. The van der Waals surface area contributed by atoms with Gasteiger partial charge in [0.25, 0.3) is 0 Å². The maximum absolute atomic E-state index is 13.1. The Bertz CT molecular complexity index is 395. The molecule has 2 atom stereocenters. The highest BCUT2D eigenvalue weighted by Crippen LogP contribution is 2.20. The van der Waals surface area contributed by atoms with E-state index in [1.165, 1.54) is 6.07 Å². The zero-order valence-corrected chi connectivity index (χ0v) is 10.2. The summed E-state index contributed by atoms with van der Waals surface area (Å²) in [7, 11) is 0. The SMILES string of the molecule is NNC(Cc1ccc(F)c(F)c1)C1CCCOC1. The summed E-state index contributed by atoms with van der Waals surface area (Å²) >= 11 is 0. The molecule has 1 aliphatic rings. The Hall–Kier alpha value is -1.04. The molecule has 1 fully saturated rings. The van der Waals surface area contributed by atoms with Gasteiger partial charge in [-0.15, -0.1) is 0 Å². The molecule has 0 aliphatic carbocycles. The molecule has 0 amide bonds. The zero-order valence-electron chi connectivity index (χ0n) is 10.2. The topological polar surface area (TPSA) is 47.3 Å². The lowest BCUT2D eigenvalue weighted by Gasteiger charge is -2.29. The van der Waals surface area contributed by atoms with Gasteiger partial charge in [-0.05, 0) is 42.9 Å². The van der Waals surface area contributed by atoms with Crippen LogP contribution in [-0.4, -0.2) is 19.3 Å². The molecule has 0 radical (unpaired) electrons. The zero-order chi connectivity index (χ0) is 13.0. The monoisotopic (exact) mass is 256 g/mol. The first-order valence-corrected chi connectivity index (χ1v) is 6.18. The van der Waals surface area contributed by atoms with Gasteiger partial charge in [-0.1, -0.05) is 6.07 Å². The van der Waals surface area contributed by atoms with Gasteiger partial charge < -0.3 is 4.74 Å². The minimum Gasteiger partial charge on any atom is -0.381 e. The Morgan fingerprint density at radius 3 is 2.83 bits per heavy atom. The van der Waals surface area contributed by atoms with Crippen molar-refractivity contribution < 1.29 is 13.5 Å². The van der Waals surface area contributed by atoms with Crippen LogP contribution in [0.3, 0.4) is 0 Å². The molecule has 2 rings (SSSR count). The lowest BCUT2D eigenvalue weighted by Crippen LogP contribution is -2.45. The van der Waals surface area contributed by atoms with Crippen molar-refractivity contribution in [3.8, 4) is 0 Å². The minimum absolute atomic E-state index is 0.0233. The van der Waals surface area contributed by atoms with E-state index >= 15 is 0 Å². The average Bonchev–Trinajstić information content (AvgIpc) is 2.41. The van der Waals surface area contributed by atoms with Crippen molar-refractivity contribution in [2.24, 2.45) is 11.8 Å². The van der Waals surface area contributed by atoms with E-state index in [1.54, 1.807) is 6.07 Å². The normalized spacial score (nSPS) is 21.8. The van der Waals surface area contributed by atoms with Crippen LogP contribution in [0, 0.1) is 17.6 Å². The van der Waals surface area contributed by atoms with Crippen molar-refractivity contribution in [1.29, 1.82) is 0 Å². The van der Waals surface area contributed by atoms with Gasteiger partial charge in [-0.3, -0.25) is 11.3 Å². The van der Waals surface area contributed by atoms with Crippen LogP contribution in [0.5, 0.6) is 0 Å². The Labute approximate surface area is 105 Å². The molecular weight excluding hydrogens is 238 g/mol. The van der Waals surface area contributed by atoms with E-state index in [1.807, 2.05) is 0 Å². The Morgan fingerprint density at radius 2 is 2.22 bits per heavy atom. The van der Waals surface area contributed by atoms with Crippen LogP contribution in [0.25, 0.3) is 0 Å². The summed E-state index contributed by atoms with van der Waals surface area (Å²) in [5, 5.41) is 0. The van der Waals surface area contributed by atoms with E-state index < -0.39 is 11.6 Å². The highest BCUT2D eigenvalue weighted by Gasteiger charge is 2.23. The summed E-state index contributed by atoms with van der Waals surface area (Å²) in [6.07, 6.45) is 2.63. The van der Waals surface area contributed by atoms with Gasteiger partial charge >= 0.3 is 0 Å². The third kappa shape index (κ3) is 3.25. The van der Waals surface area contributed by atoms with E-state index in [4.69, 9.17) is 10.6 Å². The molecule has 3 N–H and O–H groups in total. The lowest BCUT2D eigenvalue weighted by molar-refractivity contribution is 0.0393. The molecule has 0 bridgehead atoms. The van der Waals surface area contributed by atoms with Crippen molar-refractivity contribution in [1.82, 2.24) is 5.43 Å². The molecule has 5 heteroatoms. The third-order valence-electron chi connectivity index (χ3n) is 3.42. The summed E-state index contributed by atoms with van der Waals surface area (Å²) in [4.78, 5) is 0. The number of nitrogens with two attached hydrogens (primary N) is 1. The quantitative estimate of drug-likeness (QED) is 0.637.